The summed E-state index contributed by atoms with van der Waals surface area (Å²) in [6.07, 6.45) is -3.91. The largest absolute Gasteiger partial charge is 0.416 e. The number of hydrogen-bond donors (Lipinski definition) is 2. The summed E-state index contributed by atoms with van der Waals surface area (Å²) in [5.41, 5.74) is 3.27. The first-order chi connectivity index (χ1) is 17.2. The van der Waals surface area contributed by atoms with Crippen LogP contribution in [0.15, 0.2) is 64.4 Å². The lowest BCUT2D eigenvalue weighted by Crippen LogP contribution is -2.40. The van der Waals surface area contributed by atoms with Crippen LogP contribution >= 0.6 is 0 Å². The second kappa shape index (κ2) is 10.2. The number of nitriles is 1. The molecule has 0 radical (unpaired) electrons. The molecule has 2 aromatic rings. The van der Waals surface area contributed by atoms with E-state index in [4.69, 9.17) is 0 Å². The van der Waals surface area contributed by atoms with Crippen molar-refractivity contribution < 1.29 is 22.8 Å². The average Bonchev–Trinajstić information content (AvgIpc) is 3.47. The lowest BCUT2D eigenvalue weighted by molar-refractivity contribution is -0.137. The quantitative estimate of drug-likeness (QED) is 0.611. The third kappa shape index (κ3) is 5.38. The fourth-order valence-corrected chi connectivity index (χ4v) is 4.15. The van der Waals surface area contributed by atoms with Crippen molar-refractivity contribution in [1.82, 2.24) is 15.6 Å². The van der Waals surface area contributed by atoms with E-state index < -0.39 is 29.7 Å². The number of alkyl halides is 3. The highest BCUT2D eigenvalue weighted by Crippen LogP contribution is 2.32. The van der Waals surface area contributed by atoms with Crippen molar-refractivity contribution in [3.05, 3.63) is 76.4 Å². The van der Waals surface area contributed by atoms with Crippen LogP contribution in [0.5, 0.6) is 0 Å². The Morgan fingerprint density at radius 2 is 1.92 bits per heavy atom. The molecule has 11 heteroatoms. The Morgan fingerprint density at radius 3 is 2.58 bits per heavy atom. The number of allylic oxidation sites excluding steroid dienone is 1. The summed E-state index contributed by atoms with van der Waals surface area (Å²) in [5, 5.41) is 24.2. The maximum absolute atomic E-state index is 12.8. The lowest BCUT2D eigenvalue weighted by Gasteiger charge is -2.16. The highest BCUT2D eigenvalue weighted by molar-refractivity contribution is 6.03. The van der Waals surface area contributed by atoms with Gasteiger partial charge in [0.25, 0.3) is 0 Å². The standard InChI is InChI=1S/C25H23F3N6O2/c1-15-19-5-3-2-4-17(19)12-20(15)23(35)30-10-11-34-14-22(32-33-34)24(36)31-21(13-29)16-6-8-18(9-7-16)25(26,27)28/h2-9,21-22H,10-12,14H2,1H3,(H,30,35)(H,31,36). The summed E-state index contributed by atoms with van der Waals surface area (Å²) in [6, 6.07) is 11.8. The van der Waals surface area contributed by atoms with Gasteiger partial charge in [0.15, 0.2) is 6.04 Å². The Bertz CT molecular complexity index is 1260. The van der Waals surface area contributed by atoms with Crippen LogP contribution in [-0.2, 0) is 22.2 Å². The molecule has 2 amide bonds. The number of nitrogens with zero attached hydrogens (tertiary/aromatic N) is 4. The maximum Gasteiger partial charge on any atom is 0.416 e. The molecule has 0 aromatic heterocycles. The van der Waals surface area contributed by atoms with Gasteiger partial charge in [-0.2, -0.15) is 23.5 Å². The van der Waals surface area contributed by atoms with Crippen LogP contribution in [0.2, 0.25) is 0 Å². The average molecular weight is 496 g/mol. The molecule has 4 rings (SSSR count). The second-order valence-electron chi connectivity index (χ2n) is 8.52. The minimum atomic E-state index is -4.49. The summed E-state index contributed by atoms with van der Waals surface area (Å²) < 4.78 is 38.3. The number of carbonyl (C=O) groups is 2. The summed E-state index contributed by atoms with van der Waals surface area (Å²) in [4.78, 5) is 25.2. The Kier molecular flexibility index (Phi) is 7.05. The number of carbonyl (C=O) groups excluding carboxylic acids is 2. The molecule has 36 heavy (non-hydrogen) atoms. The van der Waals surface area contributed by atoms with E-state index in [2.05, 4.69) is 21.0 Å². The molecular weight excluding hydrogens is 473 g/mol. The first kappa shape index (κ1) is 24.9. The molecule has 2 aliphatic rings. The zero-order valence-electron chi connectivity index (χ0n) is 19.3. The van der Waals surface area contributed by atoms with Crippen molar-refractivity contribution >= 4 is 17.4 Å². The number of halogens is 3. The first-order valence-electron chi connectivity index (χ1n) is 11.3. The summed E-state index contributed by atoms with van der Waals surface area (Å²) >= 11 is 0. The van der Waals surface area contributed by atoms with Crippen molar-refractivity contribution in [2.75, 3.05) is 19.6 Å². The third-order valence-electron chi connectivity index (χ3n) is 6.16. The topological polar surface area (TPSA) is 110 Å². The van der Waals surface area contributed by atoms with Crippen molar-refractivity contribution in [2.24, 2.45) is 10.3 Å². The van der Waals surface area contributed by atoms with Crippen molar-refractivity contribution in [3.63, 3.8) is 0 Å². The van der Waals surface area contributed by atoms with Gasteiger partial charge in [-0.05, 0) is 41.3 Å². The molecule has 0 spiro atoms. The van der Waals surface area contributed by atoms with Crippen molar-refractivity contribution in [2.45, 2.75) is 31.6 Å². The molecule has 186 valence electrons. The Balaban J connectivity index is 1.24. The van der Waals surface area contributed by atoms with Crippen LogP contribution in [0.25, 0.3) is 5.57 Å². The molecule has 2 aromatic carbocycles. The van der Waals surface area contributed by atoms with Gasteiger partial charge in [-0.1, -0.05) is 41.6 Å². The van der Waals surface area contributed by atoms with Gasteiger partial charge < -0.3 is 10.6 Å². The first-order valence-corrected chi connectivity index (χ1v) is 11.3. The summed E-state index contributed by atoms with van der Waals surface area (Å²) in [5.74, 6) is -0.719. The summed E-state index contributed by atoms with van der Waals surface area (Å²) in [6.45, 7) is 2.71. The van der Waals surface area contributed by atoms with Crippen LogP contribution < -0.4 is 10.6 Å². The van der Waals surface area contributed by atoms with Gasteiger partial charge in [-0.25, -0.2) is 0 Å². The maximum atomic E-state index is 12.8. The van der Waals surface area contributed by atoms with E-state index in [0.717, 1.165) is 46.5 Å². The van der Waals surface area contributed by atoms with Gasteiger partial charge in [-0.15, -0.1) is 0 Å². The molecule has 0 bridgehead atoms. The third-order valence-corrected chi connectivity index (χ3v) is 6.16. The van der Waals surface area contributed by atoms with Gasteiger partial charge in [0.2, 0.25) is 11.8 Å². The minimum Gasteiger partial charge on any atom is -0.350 e. The second-order valence-corrected chi connectivity index (χ2v) is 8.52. The normalized spacial score (nSPS) is 17.5. The monoisotopic (exact) mass is 496 g/mol. The van der Waals surface area contributed by atoms with E-state index in [1.807, 2.05) is 37.3 Å². The molecule has 0 saturated heterocycles. The SMILES string of the molecule is CC1=C(C(=O)NCCN2CC(C(=O)NC(C#N)c3ccc(C(F)(F)F)cc3)N=N2)Cc2ccccc21. The molecule has 8 nitrogen and oxygen atoms in total. The number of rotatable bonds is 7. The van der Waals surface area contributed by atoms with Gasteiger partial charge in [0, 0.05) is 18.5 Å². The van der Waals surface area contributed by atoms with Crippen LogP contribution in [0, 0.1) is 11.3 Å². The van der Waals surface area contributed by atoms with Gasteiger partial charge in [-0.3, -0.25) is 14.6 Å². The zero-order valence-corrected chi connectivity index (χ0v) is 19.3. The Hall–Kier alpha value is -4.20. The lowest BCUT2D eigenvalue weighted by atomic mass is 10.0. The number of fused-ring (bicyclic) bond motifs is 1. The van der Waals surface area contributed by atoms with E-state index in [-0.39, 0.29) is 18.0 Å². The fraction of sp³-hybridized carbons (Fsp3) is 0.320. The van der Waals surface area contributed by atoms with Crippen molar-refractivity contribution in [3.8, 4) is 6.07 Å². The number of hydrogen-bond acceptors (Lipinski definition) is 6. The number of benzene rings is 2. The molecule has 2 unspecified atom stereocenters. The summed E-state index contributed by atoms with van der Waals surface area (Å²) in [7, 11) is 0. The smallest absolute Gasteiger partial charge is 0.350 e. The van der Waals surface area contributed by atoms with Crippen molar-refractivity contribution in [1.29, 1.82) is 5.26 Å². The molecule has 0 fully saturated rings. The molecule has 2 atom stereocenters. The Morgan fingerprint density at radius 1 is 1.19 bits per heavy atom. The van der Waals surface area contributed by atoms with Gasteiger partial charge in [0.05, 0.1) is 24.7 Å². The predicted molar refractivity (Wildman–Crippen MR) is 124 cm³/mol. The highest BCUT2D eigenvalue weighted by Gasteiger charge is 2.31. The molecule has 1 aliphatic carbocycles. The van der Waals surface area contributed by atoms with E-state index >= 15 is 0 Å². The molecule has 1 aliphatic heterocycles. The number of amides is 2. The molecule has 2 N–H and O–H groups in total. The predicted octanol–water partition coefficient (Wildman–Crippen LogP) is 3.58. The molecule has 1 heterocycles. The zero-order chi connectivity index (χ0) is 25.9. The van der Waals surface area contributed by atoms with Gasteiger partial charge >= 0.3 is 6.18 Å². The molecular formula is C25H23F3N6O2. The van der Waals surface area contributed by atoms with Crippen LogP contribution in [-0.4, -0.2) is 42.5 Å². The van der Waals surface area contributed by atoms with E-state index in [1.165, 1.54) is 5.01 Å². The van der Waals surface area contributed by atoms with E-state index in [0.29, 0.717) is 19.5 Å². The Labute approximate surface area is 205 Å². The minimum absolute atomic E-state index is 0.150. The number of nitrogens with one attached hydrogen (secondary N) is 2. The van der Waals surface area contributed by atoms with E-state index in [1.54, 1.807) is 0 Å². The highest BCUT2D eigenvalue weighted by atomic mass is 19.4. The van der Waals surface area contributed by atoms with Crippen LogP contribution in [0.1, 0.15) is 35.2 Å². The van der Waals surface area contributed by atoms with Crippen LogP contribution in [0.3, 0.4) is 0 Å². The van der Waals surface area contributed by atoms with E-state index in [9.17, 15) is 28.0 Å². The molecule has 0 saturated carbocycles. The fourth-order valence-electron chi connectivity index (χ4n) is 4.15. The van der Waals surface area contributed by atoms with Crippen LogP contribution in [0.4, 0.5) is 13.2 Å². The van der Waals surface area contributed by atoms with Gasteiger partial charge in [0.1, 0.15) is 6.04 Å².